The molecule has 1 amide bonds. The first-order valence-corrected chi connectivity index (χ1v) is 4.85. The van der Waals surface area contributed by atoms with E-state index < -0.39 is 0 Å². The summed E-state index contributed by atoms with van der Waals surface area (Å²) in [6, 6.07) is 0. The third-order valence-electron chi connectivity index (χ3n) is 3.17. The zero-order chi connectivity index (χ0) is 9.47. The van der Waals surface area contributed by atoms with Crippen LogP contribution in [0.1, 0.15) is 25.7 Å². The predicted molar refractivity (Wildman–Crippen MR) is 47.8 cm³/mol. The number of hydrazine groups is 1. The minimum absolute atomic E-state index is 0.157. The van der Waals surface area contributed by atoms with Crippen LogP contribution in [0.3, 0.4) is 0 Å². The van der Waals surface area contributed by atoms with Crippen LogP contribution in [-0.2, 0) is 4.79 Å². The normalized spacial score (nSPS) is 26.0. The van der Waals surface area contributed by atoms with Gasteiger partial charge in [-0.25, -0.2) is 5.01 Å². The predicted octanol–water partition coefficient (Wildman–Crippen LogP) is -0.0195. The third kappa shape index (κ3) is 1.34. The number of nitrogens with zero attached hydrogens (tertiary/aromatic N) is 2. The minimum Gasteiger partial charge on any atom is -0.396 e. The second-order valence-electron chi connectivity index (χ2n) is 4.02. The molecule has 0 atom stereocenters. The molecular weight excluding hydrogens is 168 g/mol. The monoisotopic (exact) mass is 184 g/mol. The molecule has 4 heteroatoms. The van der Waals surface area contributed by atoms with Gasteiger partial charge in [0, 0.05) is 32.2 Å². The Balaban J connectivity index is 1.98. The number of aliphatic hydroxyl groups is 1. The number of amides is 1. The molecule has 13 heavy (non-hydrogen) atoms. The van der Waals surface area contributed by atoms with Crippen LogP contribution in [0.5, 0.6) is 0 Å². The fourth-order valence-electron chi connectivity index (χ4n) is 2.05. The summed E-state index contributed by atoms with van der Waals surface area (Å²) in [5, 5.41) is 12.5. The second kappa shape index (κ2) is 2.96. The number of carbonyl (C=O) groups is 1. The van der Waals surface area contributed by atoms with Crippen molar-refractivity contribution in [1.29, 1.82) is 0 Å². The highest BCUT2D eigenvalue weighted by molar-refractivity contribution is 5.80. The standard InChI is InChI=1S/C9H16N2O2/c1-10-9(3-4-9)7-8(13)11(10)5-2-6-12/h12H,2-7H2,1H3. The van der Waals surface area contributed by atoms with Gasteiger partial charge in [-0.1, -0.05) is 0 Å². The highest BCUT2D eigenvalue weighted by atomic mass is 16.3. The lowest BCUT2D eigenvalue weighted by Gasteiger charge is -2.27. The zero-order valence-electron chi connectivity index (χ0n) is 7.99. The van der Waals surface area contributed by atoms with E-state index in [9.17, 15) is 4.79 Å². The summed E-state index contributed by atoms with van der Waals surface area (Å²) in [6.45, 7) is 0.818. The topological polar surface area (TPSA) is 43.8 Å². The van der Waals surface area contributed by atoms with Crippen LogP contribution in [0.25, 0.3) is 0 Å². The van der Waals surface area contributed by atoms with Crippen molar-refractivity contribution < 1.29 is 9.90 Å². The van der Waals surface area contributed by atoms with Crippen molar-refractivity contribution >= 4 is 5.91 Å². The first-order chi connectivity index (χ1) is 6.19. The van der Waals surface area contributed by atoms with Gasteiger partial charge >= 0.3 is 0 Å². The first kappa shape index (κ1) is 8.97. The number of rotatable bonds is 3. The van der Waals surface area contributed by atoms with E-state index in [1.807, 2.05) is 7.05 Å². The van der Waals surface area contributed by atoms with Crippen LogP contribution < -0.4 is 0 Å². The van der Waals surface area contributed by atoms with Crippen molar-refractivity contribution in [2.75, 3.05) is 20.2 Å². The van der Waals surface area contributed by atoms with Crippen molar-refractivity contribution in [2.24, 2.45) is 0 Å². The molecule has 2 rings (SSSR count). The molecule has 2 aliphatic rings. The summed E-state index contributed by atoms with van der Waals surface area (Å²) in [7, 11) is 1.98. The Morgan fingerprint density at radius 2 is 2.23 bits per heavy atom. The van der Waals surface area contributed by atoms with Gasteiger partial charge in [-0.15, -0.1) is 0 Å². The Morgan fingerprint density at radius 1 is 1.54 bits per heavy atom. The number of hydrogen-bond donors (Lipinski definition) is 1. The van der Waals surface area contributed by atoms with Gasteiger partial charge in [-0.3, -0.25) is 9.80 Å². The van der Waals surface area contributed by atoms with Crippen LogP contribution in [0.4, 0.5) is 0 Å². The van der Waals surface area contributed by atoms with E-state index in [4.69, 9.17) is 5.11 Å². The molecule has 1 saturated heterocycles. The van der Waals surface area contributed by atoms with Crippen molar-refractivity contribution in [3.63, 3.8) is 0 Å². The number of hydrogen-bond acceptors (Lipinski definition) is 3. The Morgan fingerprint density at radius 3 is 2.69 bits per heavy atom. The maximum atomic E-state index is 11.5. The van der Waals surface area contributed by atoms with Gasteiger partial charge in [0.1, 0.15) is 0 Å². The van der Waals surface area contributed by atoms with Crippen molar-refractivity contribution in [3.8, 4) is 0 Å². The average molecular weight is 184 g/mol. The Labute approximate surface area is 78.1 Å². The van der Waals surface area contributed by atoms with Gasteiger partial charge in [0.25, 0.3) is 0 Å². The van der Waals surface area contributed by atoms with E-state index in [0.29, 0.717) is 19.4 Å². The second-order valence-corrected chi connectivity index (χ2v) is 4.02. The SMILES string of the molecule is CN1N(CCCO)C(=O)CC12CC2. The molecule has 2 fully saturated rings. The van der Waals surface area contributed by atoms with Crippen LogP contribution in [-0.4, -0.2) is 46.8 Å². The first-order valence-electron chi connectivity index (χ1n) is 4.85. The van der Waals surface area contributed by atoms with Crippen molar-refractivity contribution in [2.45, 2.75) is 31.2 Å². The van der Waals surface area contributed by atoms with E-state index >= 15 is 0 Å². The summed E-state index contributed by atoms with van der Waals surface area (Å²) in [5.74, 6) is 0.216. The fraction of sp³-hybridized carbons (Fsp3) is 0.889. The van der Waals surface area contributed by atoms with Crippen LogP contribution in [0, 0.1) is 0 Å². The molecule has 0 radical (unpaired) electrons. The molecule has 1 heterocycles. The summed E-state index contributed by atoms with van der Waals surface area (Å²) in [6.07, 6.45) is 3.64. The lowest BCUT2D eigenvalue weighted by Crippen LogP contribution is -2.41. The maximum Gasteiger partial charge on any atom is 0.238 e. The fourth-order valence-corrected chi connectivity index (χ4v) is 2.05. The molecular formula is C9H16N2O2. The molecule has 1 aliphatic heterocycles. The quantitative estimate of drug-likeness (QED) is 0.670. The van der Waals surface area contributed by atoms with E-state index in [1.165, 1.54) is 0 Å². The highest BCUT2D eigenvalue weighted by Gasteiger charge is 2.55. The Bertz CT molecular complexity index is 226. The van der Waals surface area contributed by atoms with Crippen LogP contribution in [0.15, 0.2) is 0 Å². The van der Waals surface area contributed by atoms with E-state index in [-0.39, 0.29) is 18.1 Å². The minimum atomic E-state index is 0.157. The molecule has 1 spiro atoms. The number of aliphatic hydroxyl groups excluding tert-OH is 1. The molecule has 1 aliphatic carbocycles. The zero-order valence-corrected chi connectivity index (χ0v) is 7.99. The third-order valence-corrected chi connectivity index (χ3v) is 3.17. The lowest BCUT2D eigenvalue weighted by molar-refractivity contribution is -0.137. The molecule has 0 aromatic rings. The van der Waals surface area contributed by atoms with Gasteiger partial charge in [0.2, 0.25) is 5.91 Å². The summed E-state index contributed by atoms with van der Waals surface area (Å²) < 4.78 is 0. The van der Waals surface area contributed by atoms with Gasteiger partial charge in [0.05, 0.1) is 0 Å². The molecule has 0 bridgehead atoms. The molecule has 1 N–H and O–H groups in total. The summed E-state index contributed by atoms with van der Waals surface area (Å²) in [4.78, 5) is 11.5. The van der Waals surface area contributed by atoms with E-state index in [1.54, 1.807) is 5.01 Å². The molecule has 0 aromatic carbocycles. The largest absolute Gasteiger partial charge is 0.396 e. The maximum absolute atomic E-state index is 11.5. The van der Waals surface area contributed by atoms with Gasteiger partial charge in [0.15, 0.2) is 0 Å². The lowest BCUT2D eigenvalue weighted by atomic mass is 10.2. The van der Waals surface area contributed by atoms with Gasteiger partial charge in [-0.05, 0) is 19.3 Å². The van der Waals surface area contributed by atoms with Gasteiger partial charge in [-0.2, -0.15) is 0 Å². The smallest absolute Gasteiger partial charge is 0.238 e. The van der Waals surface area contributed by atoms with Crippen molar-refractivity contribution in [1.82, 2.24) is 10.0 Å². The Hall–Kier alpha value is -0.610. The number of carbonyl (C=O) groups excluding carboxylic acids is 1. The average Bonchev–Trinajstić information content (AvgIpc) is 2.81. The van der Waals surface area contributed by atoms with Crippen LogP contribution in [0.2, 0.25) is 0 Å². The molecule has 0 aromatic heterocycles. The molecule has 1 saturated carbocycles. The van der Waals surface area contributed by atoms with Crippen molar-refractivity contribution in [3.05, 3.63) is 0 Å². The van der Waals surface area contributed by atoms with E-state index in [0.717, 1.165) is 12.8 Å². The summed E-state index contributed by atoms with van der Waals surface area (Å²) in [5.41, 5.74) is 0.173. The van der Waals surface area contributed by atoms with E-state index in [2.05, 4.69) is 5.01 Å². The highest BCUT2D eigenvalue weighted by Crippen LogP contribution is 2.48. The Kier molecular flexibility index (Phi) is 2.04. The van der Waals surface area contributed by atoms with Gasteiger partial charge < -0.3 is 5.11 Å². The molecule has 4 nitrogen and oxygen atoms in total. The van der Waals surface area contributed by atoms with Crippen LogP contribution >= 0.6 is 0 Å². The molecule has 74 valence electrons. The molecule has 0 unspecified atom stereocenters. The summed E-state index contributed by atoms with van der Waals surface area (Å²) >= 11 is 0.